The van der Waals surface area contributed by atoms with Crippen LogP contribution in [0.5, 0.6) is 0 Å². The number of aromatic nitrogens is 1. The minimum Gasteiger partial charge on any atom is -0.355 e. The normalized spacial score (nSPS) is 20.0. The highest BCUT2D eigenvalue weighted by Gasteiger charge is 2.33. The van der Waals surface area contributed by atoms with Crippen LogP contribution in [0.3, 0.4) is 0 Å². The third-order valence-corrected chi connectivity index (χ3v) is 3.74. The van der Waals surface area contributed by atoms with E-state index in [0.29, 0.717) is 24.9 Å². The van der Waals surface area contributed by atoms with Crippen LogP contribution in [-0.4, -0.2) is 43.1 Å². The number of piperidine rings is 1. The third kappa shape index (κ3) is 3.76. The standard InChI is InChI=1S/C13H20F3N5/c1-20(2)10-4-3-5-21(8-10)12-7-9(13(14,15)16)6-11(18-12)19-17/h6-7,10H,3-5,8,17H2,1-2H3,(H,18,19). The summed E-state index contributed by atoms with van der Waals surface area (Å²) in [6.45, 7) is 1.36. The Bertz CT molecular complexity index is 489. The number of alkyl halides is 3. The molecule has 0 spiro atoms. The molecule has 5 nitrogen and oxygen atoms in total. The molecule has 2 rings (SSSR count). The number of pyridine rings is 1. The monoisotopic (exact) mass is 303 g/mol. The van der Waals surface area contributed by atoms with Crippen LogP contribution in [0.25, 0.3) is 0 Å². The van der Waals surface area contributed by atoms with E-state index in [0.717, 1.165) is 25.0 Å². The molecule has 1 aliphatic heterocycles. The number of hydrazine groups is 1. The molecule has 0 saturated carbocycles. The molecule has 0 bridgehead atoms. The lowest BCUT2D eigenvalue weighted by Crippen LogP contribution is -2.45. The van der Waals surface area contributed by atoms with Crippen LogP contribution in [0.15, 0.2) is 12.1 Å². The average Bonchev–Trinajstić information content (AvgIpc) is 2.46. The number of hydrogen-bond acceptors (Lipinski definition) is 5. The number of halogens is 3. The molecule has 1 aromatic rings. The maximum absolute atomic E-state index is 12.9. The van der Waals surface area contributed by atoms with Crippen LogP contribution in [-0.2, 0) is 6.18 Å². The van der Waals surface area contributed by atoms with Crippen molar-refractivity contribution >= 4 is 11.6 Å². The van der Waals surface area contributed by atoms with Gasteiger partial charge in [0.25, 0.3) is 0 Å². The first-order valence-corrected chi connectivity index (χ1v) is 6.78. The number of nitrogen functional groups attached to an aromatic ring is 1. The minimum atomic E-state index is -4.42. The first-order chi connectivity index (χ1) is 9.81. The van der Waals surface area contributed by atoms with E-state index < -0.39 is 11.7 Å². The summed E-state index contributed by atoms with van der Waals surface area (Å²) in [5, 5.41) is 0. The molecule has 118 valence electrons. The summed E-state index contributed by atoms with van der Waals surface area (Å²) in [6.07, 6.45) is -2.46. The molecule has 0 aromatic carbocycles. The van der Waals surface area contributed by atoms with Crippen LogP contribution in [0.4, 0.5) is 24.8 Å². The SMILES string of the molecule is CN(C)C1CCCN(c2cc(C(F)(F)F)cc(NN)n2)C1. The summed E-state index contributed by atoms with van der Waals surface area (Å²) < 4.78 is 38.8. The van der Waals surface area contributed by atoms with Crippen molar-refractivity contribution in [3.05, 3.63) is 17.7 Å². The molecule has 0 radical (unpaired) electrons. The summed E-state index contributed by atoms with van der Waals surface area (Å²) in [4.78, 5) is 8.12. The van der Waals surface area contributed by atoms with Gasteiger partial charge in [0.15, 0.2) is 0 Å². The number of rotatable bonds is 3. The largest absolute Gasteiger partial charge is 0.416 e. The Morgan fingerprint density at radius 3 is 2.67 bits per heavy atom. The van der Waals surface area contributed by atoms with Gasteiger partial charge in [0.2, 0.25) is 0 Å². The van der Waals surface area contributed by atoms with E-state index in [2.05, 4.69) is 15.3 Å². The van der Waals surface area contributed by atoms with Crippen LogP contribution in [0.1, 0.15) is 18.4 Å². The Balaban J connectivity index is 2.30. The average molecular weight is 303 g/mol. The molecular weight excluding hydrogens is 283 g/mol. The van der Waals surface area contributed by atoms with Crippen molar-refractivity contribution in [1.29, 1.82) is 0 Å². The molecule has 1 saturated heterocycles. The van der Waals surface area contributed by atoms with Crippen LogP contribution in [0.2, 0.25) is 0 Å². The quantitative estimate of drug-likeness (QED) is 0.660. The Hall–Kier alpha value is -1.54. The highest BCUT2D eigenvalue weighted by molar-refractivity contribution is 5.51. The Labute approximate surface area is 121 Å². The third-order valence-electron chi connectivity index (χ3n) is 3.74. The van der Waals surface area contributed by atoms with Crippen molar-refractivity contribution in [2.45, 2.75) is 25.1 Å². The summed E-state index contributed by atoms with van der Waals surface area (Å²) in [7, 11) is 3.95. The molecule has 21 heavy (non-hydrogen) atoms. The van der Waals surface area contributed by atoms with E-state index in [-0.39, 0.29) is 5.82 Å². The van der Waals surface area contributed by atoms with E-state index in [9.17, 15) is 13.2 Å². The Morgan fingerprint density at radius 1 is 1.38 bits per heavy atom. The molecule has 2 heterocycles. The molecule has 0 amide bonds. The molecule has 1 fully saturated rings. The number of nitrogens with one attached hydrogen (secondary N) is 1. The topological polar surface area (TPSA) is 57.4 Å². The molecule has 0 aliphatic carbocycles. The summed E-state index contributed by atoms with van der Waals surface area (Å²) in [6, 6.07) is 2.31. The van der Waals surface area contributed by atoms with Crippen molar-refractivity contribution in [2.75, 3.05) is 37.5 Å². The van der Waals surface area contributed by atoms with Crippen molar-refractivity contribution in [1.82, 2.24) is 9.88 Å². The van der Waals surface area contributed by atoms with Crippen LogP contribution in [0, 0.1) is 0 Å². The van der Waals surface area contributed by atoms with Gasteiger partial charge < -0.3 is 15.2 Å². The minimum absolute atomic E-state index is 0.0202. The number of hydrogen-bond donors (Lipinski definition) is 2. The number of nitrogens with two attached hydrogens (primary N) is 1. The Kier molecular flexibility index (Phi) is 4.58. The first kappa shape index (κ1) is 15.8. The summed E-state index contributed by atoms with van der Waals surface area (Å²) in [5.74, 6) is 5.56. The maximum Gasteiger partial charge on any atom is 0.416 e. The van der Waals surface area contributed by atoms with Gasteiger partial charge in [-0.3, -0.25) is 0 Å². The van der Waals surface area contributed by atoms with Gasteiger partial charge in [0.05, 0.1) is 5.56 Å². The molecule has 1 aliphatic rings. The van der Waals surface area contributed by atoms with Crippen LogP contribution < -0.4 is 16.2 Å². The number of likely N-dealkylation sites (N-methyl/N-ethyl adjacent to an activating group) is 1. The van der Waals surface area contributed by atoms with Gasteiger partial charge in [-0.2, -0.15) is 13.2 Å². The van der Waals surface area contributed by atoms with Gasteiger partial charge in [-0.25, -0.2) is 10.8 Å². The maximum atomic E-state index is 12.9. The number of anilines is 2. The highest BCUT2D eigenvalue weighted by Crippen LogP contribution is 2.33. The lowest BCUT2D eigenvalue weighted by Gasteiger charge is -2.37. The smallest absolute Gasteiger partial charge is 0.355 e. The second kappa shape index (κ2) is 6.07. The van der Waals surface area contributed by atoms with E-state index in [1.54, 1.807) is 0 Å². The molecule has 1 atom stereocenters. The molecule has 1 unspecified atom stereocenters. The van der Waals surface area contributed by atoms with E-state index in [1.807, 2.05) is 19.0 Å². The van der Waals surface area contributed by atoms with E-state index in [4.69, 9.17) is 5.84 Å². The second-order valence-corrected chi connectivity index (χ2v) is 5.45. The zero-order chi connectivity index (χ0) is 15.6. The van der Waals surface area contributed by atoms with Gasteiger partial charge >= 0.3 is 6.18 Å². The highest BCUT2D eigenvalue weighted by atomic mass is 19.4. The van der Waals surface area contributed by atoms with E-state index >= 15 is 0 Å². The first-order valence-electron chi connectivity index (χ1n) is 6.78. The van der Waals surface area contributed by atoms with Crippen LogP contribution >= 0.6 is 0 Å². The van der Waals surface area contributed by atoms with Gasteiger partial charge in [0.1, 0.15) is 11.6 Å². The molecular formula is C13H20F3N5. The van der Waals surface area contributed by atoms with Crippen molar-refractivity contribution < 1.29 is 13.2 Å². The van der Waals surface area contributed by atoms with E-state index in [1.165, 1.54) is 0 Å². The zero-order valence-corrected chi connectivity index (χ0v) is 12.1. The molecule has 1 aromatic heterocycles. The van der Waals surface area contributed by atoms with Gasteiger partial charge in [-0.1, -0.05) is 0 Å². The molecule has 3 N–H and O–H groups in total. The fourth-order valence-electron chi connectivity index (χ4n) is 2.50. The van der Waals surface area contributed by atoms with Gasteiger partial charge in [-0.05, 0) is 39.1 Å². The van der Waals surface area contributed by atoms with Gasteiger partial charge in [-0.15, -0.1) is 0 Å². The van der Waals surface area contributed by atoms with Crippen molar-refractivity contribution in [2.24, 2.45) is 5.84 Å². The van der Waals surface area contributed by atoms with Crippen molar-refractivity contribution in [3.63, 3.8) is 0 Å². The zero-order valence-electron chi connectivity index (χ0n) is 12.1. The predicted molar refractivity (Wildman–Crippen MR) is 76.0 cm³/mol. The fourth-order valence-corrected chi connectivity index (χ4v) is 2.50. The summed E-state index contributed by atoms with van der Waals surface area (Å²) in [5.41, 5.74) is 1.46. The number of nitrogens with zero attached hydrogens (tertiary/aromatic N) is 3. The lowest BCUT2D eigenvalue weighted by atomic mass is 10.0. The lowest BCUT2D eigenvalue weighted by molar-refractivity contribution is -0.137. The fraction of sp³-hybridized carbons (Fsp3) is 0.615. The molecule has 8 heteroatoms. The summed E-state index contributed by atoms with van der Waals surface area (Å²) >= 11 is 0. The van der Waals surface area contributed by atoms with Gasteiger partial charge in [0, 0.05) is 19.1 Å². The predicted octanol–water partition coefficient (Wildman–Crippen LogP) is 1.92. The Morgan fingerprint density at radius 2 is 2.10 bits per heavy atom. The second-order valence-electron chi connectivity index (χ2n) is 5.45. The van der Waals surface area contributed by atoms with Crippen molar-refractivity contribution in [3.8, 4) is 0 Å².